The van der Waals surface area contributed by atoms with Gasteiger partial charge in [-0.3, -0.25) is 0 Å². The monoisotopic (exact) mass is 335 g/mol. The number of rotatable bonds is 7. The third-order valence-electron chi connectivity index (χ3n) is 4.72. The van der Waals surface area contributed by atoms with Crippen LogP contribution in [0.2, 0.25) is 0 Å². The first-order valence-corrected chi connectivity index (χ1v) is 8.67. The minimum atomic E-state index is -0.861. The fraction of sp³-hybridized carbons (Fsp3) is 0.706. The van der Waals surface area contributed by atoms with Crippen molar-refractivity contribution >= 4 is 12.0 Å². The predicted octanol–water partition coefficient (Wildman–Crippen LogP) is 2.06. The van der Waals surface area contributed by atoms with E-state index in [-0.39, 0.29) is 0 Å². The van der Waals surface area contributed by atoms with Crippen molar-refractivity contribution in [2.45, 2.75) is 39.2 Å². The molecule has 1 saturated heterocycles. The van der Waals surface area contributed by atoms with Crippen LogP contribution in [0.5, 0.6) is 0 Å². The molecule has 0 unspecified atom stereocenters. The zero-order valence-electron chi connectivity index (χ0n) is 14.9. The molecule has 134 valence electrons. The van der Waals surface area contributed by atoms with E-state index in [1.807, 2.05) is 26.8 Å². The first kappa shape index (κ1) is 18.4. The zero-order valence-corrected chi connectivity index (χ0v) is 14.9. The lowest BCUT2D eigenvalue weighted by Crippen LogP contribution is -2.53. The molecule has 7 heteroatoms. The van der Waals surface area contributed by atoms with E-state index in [4.69, 9.17) is 0 Å². The van der Waals surface area contributed by atoms with E-state index in [0.29, 0.717) is 19.0 Å². The van der Waals surface area contributed by atoms with Crippen LogP contribution in [-0.4, -0.2) is 64.3 Å². The lowest BCUT2D eigenvalue weighted by molar-refractivity contribution is 0.0946. The van der Waals surface area contributed by atoms with Crippen molar-refractivity contribution in [2.24, 2.45) is 5.92 Å². The van der Waals surface area contributed by atoms with Gasteiger partial charge in [0.05, 0.1) is 5.54 Å². The molecule has 0 radical (unpaired) electrons. The molecule has 1 aromatic heterocycles. The van der Waals surface area contributed by atoms with Crippen molar-refractivity contribution < 1.29 is 9.90 Å². The molecule has 1 fully saturated rings. The maximum Gasteiger partial charge on any atom is 0.407 e. The van der Waals surface area contributed by atoms with Crippen LogP contribution in [0.15, 0.2) is 18.5 Å². The number of nitrogens with zero attached hydrogens (tertiary/aromatic N) is 4. The summed E-state index contributed by atoms with van der Waals surface area (Å²) in [5, 5.41) is 12.7. The Morgan fingerprint density at radius 2 is 2.00 bits per heavy atom. The number of aromatic nitrogens is 2. The molecule has 0 bridgehead atoms. The van der Waals surface area contributed by atoms with E-state index in [0.717, 1.165) is 38.4 Å². The Kier molecular flexibility index (Phi) is 6.36. The topological polar surface area (TPSA) is 81.6 Å². The van der Waals surface area contributed by atoms with Gasteiger partial charge in [-0.1, -0.05) is 0 Å². The number of hydrogen-bond acceptors (Lipinski definition) is 5. The van der Waals surface area contributed by atoms with E-state index in [1.54, 1.807) is 12.4 Å². The van der Waals surface area contributed by atoms with E-state index < -0.39 is 11.6 Å². The molecule has 1 amide bonds. The fourth-order valence-corrected chi connectivity index (χ4v) is 3.29. The minimum Gasteiger partial charge on any atom is -0.465 e. The minimum absolute atomic E-state index is 0.404. The van der Waals surface area contributed by atoms with Gasteiger partial charge >= 0.3 is 6.09 Å². The molecule has 0 aromatic carbocycles. The second-order valence-corrected chi connectivity index (χ2v) is 6.95. The molecule has 1 aliphatic heterocycles. The molecule has 2 heterocycles. The van der Waals surface area contributed by atoms with Gasteiger partial charge in [0.1, 0.15) is 0 Å². The summed E-state index contributed by atoms with van der Waals surface area (Å²) in [4.78, 5) is 23.6. The molecule has 7 nitrogen and oxygen atoms in total. The van der Waals surface area contributed by atoms with Crippen LogP contribution in [0.3, 0.4) is 0 Å². The van der Waals surface area contributed by atoms with Crippen LogP contribution < -0.4 is 10.2 Å². The van der Waals surface area contributed by atoms with E-state index in [1.165, 1.54) is 4.90 Å². The Bertz CT molecular complexity index is 515. The normalized spacial score (nSPS) is 16.2. The van der Waals surface area contributed by atoms with Gasteiger partial charge in [0, 0.05) is 38.6 Å². The Hall–Kier alpha value is -1.89. The highest BCUT2D eigenvalue weighted by atomic mass is 16.4. The van der Waals surface area contributed by atoms with E-state index in [2.05, 4.69) is 20.2 Å². The maximum atomic E-state index is 11.3. The van der Waals surface area contributed by atoms with Crippen molar-refractivity contribution in [1.29, 1.82) is 0 Å². The smallest absolute Gasteiger partial charge is 0.407 e. The summed E-state index contributed by atoms with van der Waals surface area (Å²) < 4.78 is 0. The van der Waals surface area contributed by atoms with Crippen LogP contribution in [0.1, 0.15) is 33.6 Å². The van der Waals surface area contributed by atoms with Gasteiger partial charge in [0.2, 0.25) is 5.95 Å². The van der Waals surface area contributed by atoms with Gasteiger partial charge in [-0.25, -0.2) is 14.8 Å². The highest BCUT2D eigenvalue weighted by Gasteiger charge is 2.29. The number of anilines is 1. The van der Waals surface area contributed by atoms with Crippen molar-refractivity contribution in [2.75, 3.05) is 37.6 Å². The molecule has 0 saturated carbocycles. The highest BCUT2D eigenvalue weighted by molar-refractivity contribution is 5.66. The molecule has 0 aliphatic carbocycles. The van der Waals surface area contributed by atoms with Crippen molar-refractivity contribution in [3.8, 4) is 0 Å². The number of likely N-dealkylation sites (N-methyl/N-ethyl adjacent to an activating group) is 1. The average Bonchev–Trinajstić information content (AvgIpc) is 2.56. The van der Waals surface area contributed by atoms with E-state index >= 15 is 0 Å². The van der Waals surface area contributed by atoms with Crippen LogP contribution in [0, 0.1) is 5.92 Å². The number of hydrogen-bond donors (Lipinski definition) is 2. The first-order chi connectivity index (χ1) is 11.4. The third kappa shape index (κ3) is 4.80. The van der Waals surface area contributed by atoms with Gasteiger partial charge in [-0.2, -0.15) is 0 Å². The molecular weight excluding hydrogens is 306 g/mol. The van der Waals surface area contributed by atoms with Crippen molar-refractivity contribution in [3.05, 3.63) is 18.5 Å². The lowest BCUT2D eigenvalue weighted by Gasteiger charge is -2.37. The second kappa shape index (κ2) is 8.28. The quantitative estimate of drug-likeness (QED) is 0.794. The summed E-state index contributed by atoms with van der Waals surface area (Å²) in [6, 6.07) is 1.83. The molecule has 1 aliphatic rings. The average molecular weight is 335 g/mol. The van der Waals surface area contributed by atoms with Gasteiger partial charge < -0.3 is 20.2 Å². The van der Waals surface area contributed by atoms with Crippen molar-refractivity contribution in [3.63, 3.8) is 0 Å². The van der Waals surface area contributed by atoms with Crippen LogP contribution in [0.25, 0.3) is 0 Å². The molecule has 0 atom stereocenters. The third-order valence-corrected chi connectivity index (χ3v) is 4.72. The largest absolute Gasteiger partial charge is 0.465 e. The molecule has 2 rings (SSSR count). The van der Waals surface area contributed by atoms with Crippen LogP contribution in [0.4, 0.5) is 10.7 Å². The van der Waals surface area contributed by atoms with Gasteiger partial charge in [-0.15, -0.1) is 0 Å². The van der Waals surface area contributed by atoms with Gasteiger partial charge in [0.25, 0.3) is 0 Å². The molecule has 1 aromatic rings. The highest BCUT2D eigenvalue weighted by Crippen LogP contribution is 2.20. The predicted molar refractivity (Wildman–Crippen MR) is 94.3 cm³/mol. The summed E-state index contributed by atoms with van der Waals surface area (Å²) >= 11 is 0. The number of amides is 1. The second-order valence-electron chi connectivity index (χ2n) is 6.95. The van der Waals surface area contributed by atoms with Gasteiger partial charge in [0.15, 0.2) is 0 Å². The van der Waals surface area contributed by atoms with Crippen LogP contribution in [-0.2, 0) is 0 Å². The summed E-state index contributed by atoms with van der Waals surface area (Å²) in [6.45, 7) is 9.82. The Morgan fingerprint density at radius 1 is 1.38 bits per heavy atom. The standard InChI is InChI=1S/C17H29N5O2/c1-4-22(16(23)24)17(2,3)13-18-12-14-6-10-21(11-7-14)15-19-8-5-9-20-15/h5,8-9,14,18H,4,6-7,10-13H2,1-3H3,(H,23,24). The zero-order chi connectivity index (χ0) is 17.6. The number of piperidine rings is 1. The van der Waals surface area contributed by atoms with Crippen molar-refractivity contribution in [1.82, 2.24) is 20.2 Å². The molecule has 24 heavy (non-hydrogen) atoms. The Labute approximate surface area is 144 Å². The summed E-state index contributed by atoms with van der Waals surface area (Å²) in [5.41, 5.74) is -0.404. The Morgan fingerprint density at radius 3 is 2.54 bits per heavy atom. The van der Waals surface area contributed by atoms with E-state index in [9.17, 15) is 9.90 Å². The summed E-state index contributed by atoms with van der Waals surface area (Å²) in [6.07, 6.45) is 4.89. The molecule has 0 spiro atoms. The maximum absolute atomic E-state index is 11.3. The van der Waals surface area contributed by atoms with Crippen LogP contribution >= 0.6 is 0 Å². The lowest BCUT2D eigenvalue weighted by atomic mass is 9.96. The number of carboxylic acid groups (broad SMARTS) is 1. The Balaban J connectivity index is 1.74. The molecule has 2 N–H and O–H groups in total. The van der Waals surface area contributed by atoms with Gasteiger partial charge in [-0.05, 0) is 52.1 Å². The summed E-state index contributed by atoms with van der Waals surface area (Å²) in [5.74, 6) is 1.42. The fourth-order valence-electron chi connectivity index (χ4n) is 3.29. The first-order valence-electron chi connectivity index (χ1n) is 8.67. The molecular formula is C17H29N5O2. The SMILES string of the molecule is CCN(C(=O)O)C(C)(C)CNCC1CCN(c2ncccn2)CC1. The number of nitrogens with one attached hydrogen (secondary N) is 1. The summed E-state index contributed by atoms with van der Waals surface area (Å²) in [7, 11) is 0. The number of carbonyl (C=O) groups is 1.